The highest BCUT2D eigenvalue weighted by atomic mass is 16.5. The van der Waals surface area contributed by atoms with Gasteiger partial charge in [-0.2, -0.15) is 0 Å². The van der Waals surface area contributed by atoms with Gasteiger partial charge in [-0.25, -0.2) is 0 Å². The first-order chi connectivity index (χ1) is 17.0. The average Bonchev–Trinajstić information content (AvgIpc) is 3.62. The number of benzene rings is 2. The number of nitrogens with zero attached hydrogens (tertiary/aromatic N) is 3. The highest BCUT2D eigenvalue weighted by Gasteiger charge is 2.39. The molecule has 0 saturated carbocycles. The number of carbonyl (C=O) groups excluding carboxylic acids is 2. The quantitative estimate of drug-likeness (QED) is 0.607. The topological polar surface area (TPSA) is 97.1 Å². The van der Waals surface area contributed by atoms with E-state index < -0.39 is 11.9 Å². The SMILES string of the molecule is CN1C(=O)[C@H](NC(=O)c2cc(Cc3ccccc3)on2)COc2ccc(N3C[C@@H]4C[C@H]3CO4)cc21. The van der Waals surface area contributed by atoms with Gasteiger partial charge in [0.05, 0.1) is 24.4 Å². The normalized spacial score (nSPS) is 23.1. The number of ether oxygens (including phenoxy) is 2. The standard InChI is InChI=1S/C26H26N4O5/c1-29-23-11-17(30-13-20-10-18(30)14-33-20)7-8-24(23)34-15-22(26(29)32)27-25(31)21-12-19(35-28-21)9-16-5-3-2-4-6-16/h2-8,11-12,18,20,22H,9-10,13-15H2,1H3,(H,27,31)/t18-,20-,22+/m0/s1. The van der Waals surface area contributed by atoms with Crippen LogP contribution in [0.5, 0.6) is 5.75 Å². The van der Waals surface area contributed by atoms with Crippen LogP contribution in [0.3, 0.4) is 0 Å². The van der Waals surface area contributed by atoms with E-state index in [4.69, 9.17) is 14.0 Å². The molecule has 3 aliphatic rings. The lowest BCUT2D eigenvalue weighted by Gasteiger charge is -2.30. The molecule has 2 amide bonds. The van der Waals surface area contributed by atoms with Crippen molar-refractivity contribution in [1.29, 1.82) is 0 Å². The fourth-order valence-corrected chi connectivity index (χ4v) is 5.02. The Labute approximate surface area is 202 Å². The van der Waals surface area contributed by atoms with Crippen molar-refractivity contribution in [2.45, 2.75) is 31.0 Å². The molecule has 3 aromatic rings. The molecular formula is C26H26N4O5. The van der Waals surface area contributed by atoms with Crippen LogP contribution in [-0.2, 0) is 16.0 Å². The first-order valence-corrected chi connectivity index (χ1v) is 11.8. The van der Waals surface area contributed by atoms with Gasteiger partial charge in [-0.15, -0.1) is 0 Å². The largest absolute Gasteiger partial charge is 0.489 e. The lowest BCUT2D eigenvalue weighted by molar-refractivity contribution is -0.120. The van der Waals surface area contributed by atoms with Crippen molar-refractivity contribution in [2.24, 2.45) is 0 Å². The zero-order valence-corrected chi connectivity index (χ0v) is 19.3. The van der Waals surface area contributed by atoms with Crippen molar-refractivity contribution < 1.29 is 23.6 Å². The van der Waals surface area contributed by atoms with Gasteiger partial charge in [-0.3, -0.25) is 9.59 Å². The minimum Gasteiger partial charge on any atom is -0.489 e. The molecule has 6 rings (SSSR count). The highest BCUT2D eigenvalue weighted by Crippen LogP contribution is 2.38. The minimum absolute atomic E-state index is 0.0260. The molecule has 2 aromatic carbocycles. The van der Waals surface area contributed by atoms with Crippen molar-refractivity contribution in [3.63, 3.8) is 0 Å². The van der Waals surface area contributed by atoms with E-state index in [0.717, 1.165) is 30.8 Å². The summed E-state index contributed by atoms with van der Waals surface area (Å²) < 4.78 is 17.0. The second-order valence-corrected chi connectivity index (χ2v) is 9.22. The zero-order chi connectivity index (χ0) is 23.9. The maximum atomic E-state index is 13.2. The first kappa shape index (κ1) is 21.7. The van der Waals surface area contributed by atoms with Crippen LogP contribution in [0.25, 0.3) is 0 Å². The Hall–Kier alpha value is -3.85. The Morgan fingerprint density at radius 2 is 2.00 bits per heavy atom. The van der Waals surface area contributed by atoms with Gasteiger partial charge < -0.3 is 29.1 Å². The van der Waals surface area contributed by atoms with Gasteiger partial charge in [-0.05, 0) is 30.2 Å². The van der Waals surface area contributed by atoms with E-state index in [-0.39, 0.29) is 24.3 Å². The van der Waals surface area contributed by atoms with Crippen LogP contribution >= 0.6 is 0 Å². The van der Waals surface area contributed by atoms with Gasteiger partial charge in [-0.1, -0.05) is 35.5 Å². The summed E-state index contributed by atoms with van der Waals surface area (Å²) in [7, 11) is 1.70. The molecule has 1 aromatic heterocycles. The predicted molar refractivity (Wildman–Crippen MR) is 128 cm³/mol. The summed E-state index contributed by atoms with van der Waals surface area (Å²) >= 11 is 0. The van der Waals surface area contributed by atoms with Crippen LogP contribution in [0.4, 0.5) is 11.4 Å². The van der Waals surface area contributed by atoms with E-state index in [1.165, 1.54) is 0 Å². The van der Waals surface area contributed by atoms with Crippen molar-refractivity contribution in [1.82, 2.24) is 10.5 Å². The Bertz CT molecular complexity index is 1260. The third-order valence-corrected chi connectivity index (χ3v) is 6.89. The van der Waals surface area contributed by atoms with Crippen molar-refractivity contribution >= 4 is 23.2 Å². The summed E-state index contributed by atoms with van der Waals surface area (Å²) in [6.07, 6.45) is 1.84. The third-order valence-electron chi connectivity index (χ3n) is 6.89. The lowest BCUT2D eigenvalue weighted by Crippen LogP contribution is -2.49. The van der Waals surface area contributed by atoms with E-state index >= 15 is 0 Å². The fraction of sp³-hybridized carbons (Fsp3) is 0.346. The number of hydrogen-bond acceptors (Lipinski definition) is 7. The Morgan fingerprint density at radius 3 is 2.77 bits per heavy atom. The molecule has 1 N–H and O–H groups in total. The van der Waals surface area contributed by atoms with Gasteiger partial charge in [0, 0.05) is 31.8 Å². The molecule has 0 unspecified atom stereocenters. The Balaban J connectivity index is 1.15. The molecule has 9 nitrogen and oxygen atoms in total. The number of morpholine rings is 1. The summed E-state index contributed by atoms with van der Waals surface area (Å²) in [4.78, 5) is 29.9. The number of amides is 2. The van der Waals surface area contributed by atoms with E-state index in [1.54, 1.807) is 18.0 Å². The smallest absolute Gasteiger partial charge is 0.274 e. The fourth-order valence-electron chi connectivity index (χ4n) is 5.02. The molecule has 0 radical (unpaired) electrons. The number of carbonyl (C=O) groups is 2. The van der Waals surface area contributed by atoms with Crippen LogP contribution in [0.15, 0.2) is 59.1 Å². The lowest BCUT2D eigenvalue weighted by atomic mass is 10.1. The molecule has 2 bridgehead atoms. The number of likely N-dealkylation sites (N-methyl/N-ethyl adjacent to an activating group) is 1. The minimum atomic E-state index is -0.853. The van der Waals surface area contributed by atoms with Gasteiger partial charge in [0.15, 0.2) is 5.69 Å². The molecule has 2 saturated heterocycles. The summed E-state index contributed by atoms with van der Waals surface area (Å²) in [5, 5.41) is 6.65. The maximum Gasteiger partial charge on any atom is 0.274 e. The number of rotatable bonds is 5. The van der Waals surface area contributed by atoms with Gasteiger partial charge in [0.1, 0.15) is 24.2 Å². The first-order valence-electron chi connectivity index (χ1n) is 11.8. The molecule has 3 aliphatic heterocycles. The average molecular weight is 475 g/mol. The van der Waals surface area contributed by atoms with Crippen LogP contribution < -0.4 is 19.9 Å². The van der Waals surface area contributed by atoms with Crippen molar-refractivity contribution in [2.75, 3.05) is 36.6 Å². The van der Waals surface area contributed by atoms with Crippen LogP contribution in [0.2, 0.25) is 0 Å². The van der Waals surface area contributed by atoms with Crippen molar-refractivity contribution in [3.8, 4) is 5.75 Å². The number of anilines is 2. The Kier molecular flexibility index (Phi) is 5.41. The van der Waals surface area contributed by atoms with Crippen LogP contribution in [0.1, 0.15) is 28.2 Å². The number of hydrogen-bond donors (Lipinski definition) is 1. The molecule has 3 atom stereocenters. The van der Waals surface area contributed by atoms with Crippen LogP contribution in [0, 0.1) is 0 Å². The molecular weight excluding hydrogens is 448 g/mol. The maximum absolute atomic E-state index is 13.2. The molecule has 0 aliphatic carbocycles. The number of aromatic nitrogens is 1. The molecule has 0 spiro atoms. The molecule has 4 heterocycles. The van der Waals surface area contributed by atoms with Crippen molar-refractivity contribution in [3.05, 3.63) is 71.6 Å². The molecule has 9 heteroatoms. The number of fused-ring (bicyclic) bond motifs is 3. The summed E-state index contributed by atoms with van der Waals surface area (Å²) in [6.45, 7) is 1.61. The summed E-state index contributed by atoms with van der Waals surface area (Å²) in [5.74, 6) is 0.438. The van der Waals surface area contributed by atoms with E-state index in [1.807, 2.05) is 48.5 Å². The highest BCUT2D eigenvalue weighted by molar-refractivity contribution is 6.03. The van der Waals surface area contributed by atoms with Gasteiger partial charge in [0.2, 0.25) is 0 Å². The van der Waals surface area contributed by atoms with Gasteiger partial charge >= 0.3 is 0 Å². The monoisotopic (exact) mass is 474 g/mol. The molecule has 35 heavy (non-hydrogen) atoms. The second kappa shape index (κ2) is 8.74. The Morgan fingerprint density at radius 1 is 1.14 bits per heavy atom. The van der Waals surface area contributed by atoms with E-state index in [2.05, 4.69) is 15.4 Å². The molecule has 2 fully saturated rings. The number of nitrogens with one attached hydrogen (secondary N) is 1. The predicted octanol–water partition coefficient (Wildman–Crippen LogP) is 2.40. The third kappa shape index (κ3) is 4.12. The molecule has 180 valence electrons. The van der Waals surface area contributed by atoms with E-state index in [9.17, 15) is 9.59 Å². The second-order valence-electron chi connectivity index (χ2n) is 9.22. The summed E-state index contributed by atoms with van der Waals surface area (Å²) in [6, 6.07) is 16.8. The van der Waals surface area contributed by atoms with Crippen LogP contribution in [-0.4, -0.2) is 62.0 Å². The summed E-state index contributed by atoms with van der Waals surface area (Å²) in [5.41, 5.74) is 2.90. The van der Waals surface area contributed by atoms with E-state index in [0.29, 0.717) is 29.7 Å². The van der Waals surface area contributed by atoms with Gasteiger partial charge in [0.25, 0.3) is 11.8 Å². The zero-order valence-electron chi connectivity index (χ0n) is 19.3.